The number of hydrogen-bond donors (Lipinski definition) is 1. The van der Waals surface area contributed by atoms with E-state index in [9.17, 15) is 4.79 Å². The van der Waals surface area contributed by atoms with Gasteiger partial charge in [0.1, 0.15) is 0 Å². The Balaban J connectivity index is 1.70. The highest BCUT2D eigenvalue weighted by molar-refractivity contribution is 7.15. The van der Waals surface area contributed by atoms with E-state index in [4.69, 9.17) is 4.42 Å². The van der Waals surface area contributed by atoms with E-state index in [0.717, 1.165) is 21.0 Å². The second-order valence-electron chi connectivity index (χ2n) is 5.65. The van der Waals surface area contributed by atoms with E-state index >= 15 is 0 Å². The van der Waals surface area contributed by atoms with Gasteiger partial charge in [0.2, 0.25) is 11.8 Å². The van der Waals surface area contributed by atoms with Crippen molar-refractivity contribution in [1.82, 2.24) is 10.2 Å². The minimum atomic E-state index is -0.0360. The van der Waals surface area contributed by atoms with Gasteiger partial charge < -0.3 is 9.73 Å². The molecule has 1 amide bonds. The van der Waals surface area contributed by atoms with Crippen molar-refractivity contribution in [3.8, 4) is 10.8 Å². The van der Waals surface area contributed by atoms with Gasteiger partial charge in [-0.15, -0.1) is 21.5 Å². The monoisotopic (exact) mass is 341 g/mol. The molecule has 2 heterocycles. The van der Waals surface area contributed by atoms with Crippen molar-refractivity contribution in [3.63, 3.8) is 0 Å². The number of carbonyl (C=O) groups is 1. The number of rotatable bonds is 5. The van der Waals surface area contributed by atoms with Crippen LogP contribution in [0.25, 0.3) is 10.8 Å². The maximum Gasteiger partial charge on any atom is 0.257 e. The van der Waals surface area contributed by atoms with Gasteiger partial charge >= 0.3 is 0 Å². The highest BCUT2D eigenvalue weighted by Crippen LogP contribution is 2.33. The molecule has 5 nitrogen and oxygen atoms in total. The Labute approximate surface area is 144 Å². The lowest BCUT2D eigenvalue weighted by atomic mass is 10.1. The zero-order chi connectivity index (χ0) is 17.1. The summed E-state index contributed by atoms with van der Waals surface area (Å²) in [7, 11) is 0. The Hall–Kier alpha value is -2.47. The van der Waals surface area contributed by atoms with E-state index in [1.165, 1.54) is 16.9 Å². The highest BCUT2D eigenvalue weighted by atomic mass is 32.1. The van der Waals surface area contributed by atoms with Crippen LogP contribution in [0.5, 0.6) is 0 Å². The van der Waals surface area contributed by atoms with E-state index in [0.29, 0.717) is 24.6 Å². The zero-order valence-electron chi connectivity index (χ0n) is 13.9. The van der Waals surface area contributed by atoms with Crippen molar-refractivity contribution in [2.24, 2.45) is 0 Å². The third-order valence-corrected chi connectivity index (χ3v) is 4.70. The molecule has 0 aliphatic rings. The average Bonchev–Trinajstić information content (AvgIpc) is 3.17. The zero-order valence-corrected chi connectivity index (χ0v) is 14.7. The topological polar surface area (TPSA) is 68.0 Å². The van der Waals surface area contributed by atoms with Crippen LogP contribution >= 0.6 is 11.3 Å². The Morgan fingerprint density at radius 3 is 2.62 bits per heavy atom. The summed E-state index contributed by atoms with van der Waals surface area (Å²) in [6, 6.07) is 9.87. The predicted molar refractivity (Wildman–Crippen MR) is 95.2 cm³/mol. The Morgan fingerprint density at radius 1 is 1.21 bits per heavy atom. The third kappa shape index (κ3) is 3.71. The molecule has 0 saturated heterocycles. The molecule has 0 bridgehead atoms. The summed E-state index contributed by atoms with van der Waals surface area (Å²) in [5.74, 6) is 1.08. The molecule has 0 saturated carbocycles. The van der Waals surface area contributed by atoms with Gasteiger partial charge in [-0.25, -0.2) is 0 Å². The number of nitrogens with one attached hydrogen (secondary N) is 1. The van der Waals surface area contributed by atoms with Crippen molar-refractivity contribution in [3.05, 3.63) is 52.2 Å². The van der Waals surface area contributed by atoms with Crippen molar-refractivity contribution >= 4 is 22.9 Å². The molecule has 124 valence electrons. The second-order valence-corrected chi connectivity index (χ2v) is 6.90. The largest absolute Gasteiger partial charge is 0.420 e. The van der Waals surface area contributed by atoms with Gasteiger partial charge in [0.05, 0.1) is 17.0 Å². The molecule has 3 aromatic rings. The van der Waals surface area contributed by atoms with Crippen LogP contribution in [0, 0.1) is 13.8 Å². The van der Waals surface area contributed by atoms with Gasteiger partial charge in [-0.3, -0.25) is 4.79 Å². The predicted octanol–water partition coefficient (Wildman–Crippen LogP) is 4.16. The molecule has 0 aliphatic carbocycles. The van der Waals surface area contributed by atoms with Crippen LogP contribution in [0.15, 0.2) is 34.7 Å². The smallest absolute Gasteiger partial charge is 0.257 e. The summed E-state index contributed by atoms with van der Waals surface area (Å²) in [6.07, 6.45) is 1.06. The van der Waals surface area contributed by atoms with Crippen molar-refractivity contribution < 1.29 is 9.21 Å². The van der Waals surface area contributed by atoms with Gasteiger partial charge in [-0.2, -0.15) is 0 Å². The Bertz CT molecular complexity index is 850. The molecule has 24 heavy (non-hydrogen) atoms. The lowest BCUT2D eigenvalue weighted by molar-refractivity contribution is -0.115. The van der Waals surface area contributed by atoms with Crippen LogP contribution in [-0.4, -0.2) is 16.1 Å². The molecule has 1 aromatic carbocycles. The number of benzene rings is 1. The molecule has 0 spiro atoms. The highest BCUT2D eigenvalue weighted by Gasteiger charge is 2.15. The Morgan fingerprint density at radius 2 is 1.96 bits per heavy atom. The maximum absolute atomic E-state index is 12.3. The van der Waals surface area contributed by atoms with E-state index in [-0.39, 0.29) is 5.91 Å². The number of anilines is 1. The number of aryl methyl sites for hydroxylation is 3. The standard InChI is InChI=1S/C18H19N3O2S/c1-4-17-20-21-18(23-17)15-10-14(12(3)24-15)19-16(22)9-13-7-5-11(2)6-8-13/h5-8,10H,4,9H2,1-3H3,(H,19,22). The van der Waals surface area contributed by atoms with Crippen molar-refractivity contribution in [2.75, 3.05) is 5.32 Å². The van der Waals surface area contributed by atoms with E-state index in [1.54, 1.807) is 0 Å². The fraction of sp³-hybridized carbons (Fsp3) is 0.278. The fourth-order valence-corrected chi connectivity index (χ4v) is 3.19. The molecule has 0 unspecified atom stereocenters. The molecule has 6 heteroatoms. The molecule has 3 rings (SSSR count). The van der Waals surface area contributed by atoms with Gasteiger partial charge in [0.15, 0.2) is 0 Å². The number of amides is 1. The molecular weight excluding hydrogens is 322 g/mol. The van der Waals surface area contributed by atoms with Crippen molar-refractivity contribution in [1.29, 1.82) is 0 Å². The van der Waals surface area contributed by atoms with E-state index in [2.05, 4.69) is 15.5 Å². The summed E-state index contributed by atoms with van der Waals surface area (Å²) in [6.45, 7) is 5.96. The molecule has 0 fully saturated rings. The minimum Gasteiger partial charge on any atom is -0.420 e. The fourth-order valence-electron chi connectivity index (χ4n) is 2.29. The summed E-state index contributed by atoms with van der Waals surface area (Å²) in [4.78, 5) is 14.1. The summed E-state index contributed by atoms with van der Waals surface area (Å²) in [5.41, 5.74) is 2.97. The molecule has 0 aliphatic heterocycles. The third-order valence-electron chi connectivity index (χ3n) is 3.66. The maximum atomic E-state index is 12.3. The van der Waals surface area contributed by atoms with Gasteiger partial charge in [-0.05, 0) is 25.5 Å². The lowest BCUT2D eigenvalue weighted by Crippen LogP contribution is -2.14. The molecule has 1 N–H and O–H groups in total. The minimum absolute atomic E-state index is 0.0360. The van der Waals surface area contributed by atoms with Crippen molar-refractivity contribution in [2.45, 2.75) is 33.6 Å². The van der Waals surface area contributed by atoms with Crippen LogP contribution < -0.4 is 5.32 Å². The number of aromatic nitrogens is 2. The SMILES string of the molecule is CCc1nnc(-c2cc(NC(=O)Cc3ccc(C)cc3)c(C)s2)o1. The van der Waals surface area contributed by atoms with Gasteiger partial charge in [-0.1, -0.05) is 36.8 Å². The van der Waals surface area contributed by atoms with Crippen LogP contribution in [0.2, 0.25) is 0 Å². The second kappa shape index (κ2) is 6.97. The van der Waals surface area contributed by atoms with Crippen LogP contribution in [0.1, 0.15) is 28.8 Å². The average molecular weight is 341 g/mol. The molecule has 2 aromatic heterocycles. The number of hydrogen-bond acceptors (Lipinski definition) is 5. The van der Waals surface area contributed by atoms with Crippen LogP contribution in [0.3, 0.4) is 0 Å². The summed E-state index contributed by atoms with van der Waals surface area (Å²) >= 11 is 1.53. The quantitative estimate of drug-likeness (QED) is 0.756. The first-order valence-corrected chi connectivity index (χ1v) is 8.65. The number of thiophene rings is 1. The molecular formula is C18H19N3O2S. The molecule has 0 radical (unpaired) electrons. The van der Waals surface area contributed by atoms with Crippen LogP contribution in [-0.2, 0) is 17.6 Å². The number of carbonyl (C=O) groups excluding carboxylic acids is 1. The van der Waals surface area contributed by atoms with E-state index < -0.39 is 0 Å². The van der Waals surface area contributed by atoms with Gasteiger partial charge in [0.25, 0.3) is 5.89 Å². The Kier molecular flexibility index (Phi) is 4.76. The van der Waals surface area contributed by atoms with E-state index in [1.807, 2.05) is 51.1 Å². The normalized spacial score (nSPS) is 10.8. The molecule has 0 atom stereocenters. The summed E-state index contributed by atoms with van der Waals surface area (Å²) < 4.78 is 5.57. The first-order valence-electron chi connectivity index (χ1n) is 7.83. The lowest BCUT2D eigenvalue weighted by Gasteiger charge is -2.04. The summed E-state index contributed by atoms with van der Waals surface area (Å²) in [5, 5.41) is 11.0. The first kappa shape index (κ1) is 16.4. The number of nitrogens with zero attached hydrogens (tertiary/aromatic N) is 2. The van der Waals surface area contributed by atoms with Crippen LogP contribution in [0.4, 0.5) is 5.69 Å². The first-order chi connectivity index (χ1) is 11.5. The van der Waals surface area contributed by atoms with Gasteiger partial charge in [0, 0.05) is 11.3 Å².